The number of nitrogens with zero attached hydrogens (tertiary/aromatic N) is 3. The van der Waals surface area contributed by atoms with Gasteiger partial charge < -0.3 is 10.1 Å². The molecule has 0 aliphatic heterocycles. The fourth-order valence-corrected chi connectivity index (χ4v) is 1.03. The van der Waals surface area contributed by atoms with E-state index in [4.69, 9.17) is 5.11 Å². The first kappa shape index (κ1) is 8.66. The van der Waals surface area contributed by atoms with Crippen LogP contribution in [-0.4, -0.2) is 31.1 Å². The molecule has 0 saturated carbocycles. The van der Waals surface area contributed by atoms with Crippen molar-refractivity contribution in [2.24, 2.45) is 0 Å². The third kappa shape index (κ3) is 1.56. The van der Waals surface area contributed by atoms with Crippen molar-refractivity contribution in [1.29, 1.82) is 0 Å². The molecule has 70 valence electrons. The highest BCUT2D eigenvalue weighted by Crippen LogP contribution is 2.07. The molecule has 1 atom stereocenters. The number of imidazole rings is 1. The van der Waals surface area contributed by atoms with Crippen LogP contribution >= 0.6 is 0 Å². The highest BCUT2D eigenvalue weighted by molar-refractivity contribution is 5.75. The number of nitrogens with one attached hydrogen (secondary N) is 1. The lowest BCUT2D eigenvalue weighted by molar-refractivity contribution is 0.253. The van der Waals surface area contributed by atoms with E-state index in [2.05, 4.69) is 31.8 Å². The first-order chi connectivity index (χ1) is 6.77. The number of aromatic amines is 1. The van der Waals surface area contributed by atoms with Crippen molar-refractivity contribution < 1.29 is 5.11 Å². The molecule has 0 fully saturated rings. The maximum atomic E-state index is 8.99. The Balaban J connectivity index is 2.53. The van der Waals surface area contributed by atoms with Gasteiger partial charge in [-0.1, -0.05) is 5.92 Å². The molecule has 0 amide bonds. The molecular formula is C9H8N4O. The molecule has 0 unspecified atom stereocenters. The van der Waals surface area contributed by atoms with Gasteiger partial charge in [0.15, 0.2) is 5.65 Å². The Bertz CT molecular complexity index is 506. The minimum Gasteiger partial charge on any atom is -0.381 e. The van der Waals surface area contributed by atoms with Crippen LogP contribution in [0.25, 0.3) is 11.2 Å². The number of aliphatic hydroxyl groups excluding tert-OH is 1. The summed E-state index contributed by atoms with van der Waals surface area (Å²) < 4.78 is 0. The number of aromatic nitrogens is 4. The zero-order valence-corrected chi connectivity index (χ0v) is 7.52. The van der Waals surface area contributed by atoms with Crippen molar-refractivity contribution in [3.63, 3.8) is 0 Å². The number of H-pyrrole nitrogens is 1. The Morgan fingerprint density at radius 1 is 1.43 bits per heavy atom. The van der Waals surface area contributed by atoms with E-state index in [1.54, 1.807) is 6.92 Å². The zero-order chi connectivity index (χ0) is 9.97. The molecule has 2 rings (SSSR count). The molecule has 0 aliphatic rings. The summed E-state index contributed by atoms with van der Waals surface area (Å²) in [6.07, 6.45) is 2.27. The second-order valence-corrected chi connectivity index (χ2v) is 2.77. The van der Waals surface area contributed by atoms with Gasteiger partial charge in [-0.05, 0) is 12.8 Å². The Labute approximate surface area is 80.2 Å². The van der Waals surface area contributed by atoms with E-state index >= 15 is 0 Å². The quantitative estimate of drug-likeness (QED) is 0.574. The summed E-state index contributed by atoms with van der Waals surface area (Å²) in [5, 5.41) is 8.99. The minimum atomic E-state index is -0.664. The lowest BCUT2D eigenvalue weighted by Gasteiger charge is -1.91. The Morgan fingerprint density at radius 2 is 2.29 bits per heavy atom. The molecule has 0 aromatic carbocycles. The molecule has 0 saturated heterocycles. The highest BCUT2D eigenvalue weighted by Gasteiger charge is 2.02. The second-order valence-electron chi connectivity index (χ2n) is 2.77. The number of aliphatic hydroxyl groups is 1. The van der Waals surface area contributed by atoms with Crippen LogP contribution in [0.3, 0.4) is 0 Å². The summed E-state index contributed by atoms with van der Waals surface area (Å²) >= 11 is 0. The normalized spacial score (nSPS) is 12.1. The lowest BCUT2D eigenvalue weighted by atomic mass is 10.3. The van der Waals surface area contributed by atoms with Crippen molar-refractivity contribution >= 4 is 11.2 Å². The van der Waals surface area contributed by atoms with Crippen LogP contribution < -0.4 is 0 Å². The van der Waals surface area contributed by atoms with E-state index in [0.717, 1.165) is 0 Å². The summed E-state index contributed by atoms with van der Waals surface area (Å²) in [5.41, 5.74) is 1.82. The monoisotopic (exact) mass is 188 g/mol. The zero-order valence-electron chi connectivity index (χ0n) is 7.52. The van der Waals surface area contributed by atoms with Crippen molar-refractivity contribution in [2.45, 2.75) is 13.0 Å². The van der Waals surface area contributed by atoms with E-state index in [1.165, 1.54) is 12.7 Å². The minimum absolute atomic E-state index is 0.549. The fraction of sp³-hybridized carbons (Fsp3) is 0.222. The van der Waals surface area contributed by atoms with E-state index in [-0.39, 0.29) is 0 Å². The molecule has 5 nitrogen and oxygen atoms in total. The summed E-state index contributed by atoms with van der Waals surface area (Å²) in [6.45, 7) is 1.60. The average Bonchev–Trinajstić information content (AvgIpc) is 2.62. The fourth-order valence-electron chi connectivity index (χ4n) is 1.03. The maximum Gasteiger partial charge on any atom is 0.181 e. The van der Waals surface area contributed by atoms with E-state index in [1.807, 2.05) is 0 Å². The van der Waals surface area contributed by atoms with Crippen molar-refractivity contribution in [3.8, 4) is 11.8 Å². The molecular weight excluding hydrogens is 180 g/mol. The van der Waals surface area contributed by atoms with E-state index in [0.29, 0.717) is 16.9 Å². The third-order valence-corrected chi connectivity index (χ3v) is 1.62. The third-order valence-electron chi connectivity index (χ3n) is 1.62. The number of rotatable bonds is 0. The SMILES string of the molecule is C[C@@H](O)C#Cc1ncnc2nc[nH]c12. The Kier molecular flexibility index (Phi) is 2.13. The van der Waals surface area contributed by atoms with Gasteiger partial charge in [-0.15, -0.1) is 0 Å². The number of hydrogen-bond donors (Lipinski definition) is 2. The van der Waals surface area contributed by atoms with Gasteiger partial charge in [0.05, 0.1) is 6.33 Å². The van der Waals surface area contributed by atoms with Gasteiger partial charge >= 0.3 is 0 Å². The molecule has 0 radical (unpaired) electrons. The van der Waals surface area contributed by atoms with Crippen molar-refractivity contribution in [1.82, 2.24) is 19.9 Å². The van der Waals surface area contributed by atoms with Gasteiger partial charge in [0.2, 0.25) is 0 Å². The molecule has 0 bridgehead atoms. The Morgan fingerprint density at radius 3 is 3.07 bits per heavy atom. The first-order valence-electron chi connectivity index (χ1n) is 4.11. The molecule has 5 heteroatoms. The van der Waals surface area contributed by atoms with Crippen LogP contribution in [0.15, 0.2) is 12.7 Å². The number of fused-ring (bicyclic) bond motifs is 1. The van der Waals surface area contributed by atoms with Gasteiger partial charge in [0, 0.05) is 0 Å². The topological polar surface area (TPSA) is 74.7 Å². The Hall–Kier alpha value is -1.93. The van der Waals surface area contributed by atoms with Gasteiger partial charge in [0.25, 0.3) is 0 Å². The summed E-state index contributed by atoms with van der Waals surface area (Å²) in [4.78, 5) is 14.8. The summed E-state index contributed by atoms with van der Waals surface area (Å²) in [5.74, 6) is 5.36. The largest absolute Gasteiger partial charge is 0.381 e. The molecule has 2 aromatic heterocycles. The summed E-state index contributed by atoms with van der Waals surface area (Å²) in [6, 6.07) is 0. The highest BCUT2D eigenvalue weighted by atomic mass is 16.3. The van der Waals surface area contributed by atoms with Crippen LogP contribution in [0.2, 0.25) is 0 Å². The molecule has 0 aliphatic carbocycles. The van der Waals surface area contributed by atoms with Crippen LogP contribution in [-0.2, 0) is 0 Å². The standard InChI is InChI=1S/C9H8N4O/c1-6(14)2-3-7-8-9(12-4-10-7)13-5-11-8/h4-6,14H,1H3,(H,10,11,12,13)/t6-/m1/s1. The molecule has 2 aromatic rings. The maximum absolute atomic E-state index is 8.99. The van der Waals surface area contributed by atoms with Gasteiger partial charge in [-0.2, -0.15) is 0 Å². The molecule has 2 heterocycles. The van der Waals surface area contributed by atoms with E-state index < -0.39 is 6.10 Å². The van der Waals surface area contributed by atoms with Gasteiger partial charge in [-0.25, -0.2) is 15.0 Å². The van der Waals surface area contributed by atoms with Crippen LogP contribution in [0, 0.1) is 11.8 Å². The average molecular weight is 188 g/mol. The van der Waals surface area contributed by atoms with Crippen LogP contribution in [0.4, 0.5) is 0 Å². The molecule has 0 spiro atoms. The smallest absolute Gasteiger partial charge is 0.181 e. The van der Waals surface area contributed by atoms with Gasteiger partial charge in [-0.3, -0.25) is 0 Å². The van der Waals surface area contributed by atoms with E-state index in [9.17, 15) is 0 Å². The van der Waals surface area contributed by atoms with Crippen molar-refractivity contribution in [3.05, 3.63) is 18.3 Å². The first-order valence-corrected chi connectivity index (χ1v) is 4.11. The van der Waals surface area contributed by atoms with Crippen LogP contribution in [0.1, 0.15) is 12.6 Å². The molecule has 14 heavy (non-hydrogen) atoms. The second kappa shape index (κ2) is 3.44. The molecule has 2 N–H and O–H groups in total. The predicted molar refractivity (Wildman–Crippen MR) is 50.2 cm³/mol. The van der Waals surface area contributed by atoms with Crippen LogP contribution in [0.5, 0.6) is 0 Å². The lowest BCUT2D eigenvalue weighted by Crippen LogP contribution is -1.94. The van der Waals surface area contributed by atoms with Gasteiger partial charge in [0.1, 0.15) is 23.6 Å². The number of hydrogen-bond acceptors (Lipinski definition) is 4. The summed E-state index contributed by atoms with van der Waals surface area (Å²) in [7, 11) is 0. The van der Waals surface area contributed by atoms with Crippen molar-refractivity contribution in [2.75, 3.05) is 0 Å². The predicted octanol–water partition coefficient (Wildman–Crippen LogP) is 0.0852.